The molecule has 0 heterocycles. The average Bonchev–Trinajstić information content (AvgIpc) is 3.27. The minimum absolute atomic E-state index is 0.0295. The topological polar surface area (TPSA) is 111 Å². The maximum atomic E-state index is 13.4. The number of nitrogens with one attached hydrogen (secondary N) is 1. The van der Waals surface area contributed by atoms with Crippen LogP contribution in [0.5, 0.6) is 0 Å². The van der Waals surface area contributed by atoms with Crippen molar-refractivity contribution in [2.24, 2.45) is 0 Å². The summed E-state index contributed by atoms with van der Waals surface area (Å²) in [6.45, 7) is 6.71. The predicted octanol–water partition coefficient (Wildman–Crippen LogP) is 15.5. The normalized spacial score (nSPS) is 14.6. The van der Waals surface area contributed by atoms with Crippen molar-refractivity contribution in [2.45, 2.75) is 219 Å². The molecule has 0 rings (SSSR count). The number of amides is 1. The van der Waals surface area contributed by atoms with Crippen molar-refractivity contribution in [3.63, 3.8) is 0 Å². The van der Waals surface area contributed by atoms with Crippen LogP contribution in [0.25, 0.3) is 0 Å². The zero-order chi connectivity index (χ0) is 48.7. The number of quaternary nitrogens is 1. The van der Waals surface area contributed by atoms with E-state index in [1.165, 1.54) is 64.2 Å². The highest BCUT2D eigenvalue weighted by Gasteiger charge is 2.30. The number of rotatable bonds is 46. The van der Waals surface area contributed by atoms with Crippen LogP contribution >= 0.6 is 7.82 Å². The van der Waals surface area contributed by atoms with Crippen molar-refractivity contribution >= 4 is 19.7 Å². The Hall–Kier alpha value is -2.81. The smallest absolute Gasteiger partial charge is 0.456 e. The predicted molar refractivity (Wildman–Crippen MR) is 281 cm³/mol. The van der Waals surface area contributed by atoms with E-state index in [0.29, 0.717) is 23.9 Å². The lowest BCUT2D eigenvalue weighted by atomic mass is 10.1. The third kappa shape index (κ3) is 46.3. The van der Waals surface area contributed by atoms with Crippen molar-refractivity contribution in [3.8, 4) is 0 Å². The van der Waals surface area contributed by atoms with Crippen molar-refractivity contribution in [2.75, 3.05) is 40.9 Å². The standard InChI is InChI=1S/C56H99N2O7P/c1-7-10-13-16-19-22-25-27-29-31-34-37-40-43-46-49-56(60)65-54(47-44-41-38-35-32-24-21-18-15-12-9-3)53(52-64-66(61,62)63-51-50-58(4,5)6)57-55(59)48-45-42-39-36-33-30-28-26-23-20-17-14-11-8-2/h10-11,13-14,16,19-20,22-23,25,28,30,44,47,53-54H,7-9,12,15,17-18,21,24,26-27,29,31-43,45-46,48-52H2,1-6H3,(H-,57,59,61,62)/p+1/b13-10+,14-11+,19-16+,23-20+,25-22+,30-28+,47-44+. The Morgan fingerprint density at radius 3 is 1.62 bits per heavy atom. The highest BCUT2D eigenvalue weighted by atomic mass is 31.2. The first-order chi connectivity index (χ1) is 31.9. The number of ether oxygens (including phenoxy) is 1. The number of carbonyl (C=O) groups is 2. The van der Waals surface area contributed by atoms with Gasteiger partial charge in [-0.3, -0.25) is 18.6 Å². The molecule has 0 radical (unpaired) electrons. The van der Waals surface area contributed by atoms with E-state index >= 15 is 0 Å². The lowest BCUT2D eigenvalue weighted by Crippen LogP contribution is -2.47. The van der Waals surface area contributed by atoms with Crippen LogP contribution in [0.3, 0.4) is 0 Å². The fourth-order valence-electron chi connectivity index (χ4n) is 7.07. The zero-order valence-corrected chi connectivity index (χ0v) is 44.1. The van der Waals surface area contributed by atoms with Crippen LogP contribution in [0.2, 0.25) is 0 Å². The van der Waals surface area contributed by atoms with E-state index in [1.54, 1.807) is 0 Å². The van der Waals surface area contributed by atoms with Crippen LogP contribution in [0.1, 0.15) is 207 Å². The van der Waals surface area contributed by atoms with Gasteiger partial charge in [-0.05, 0) is 83.1 Å². The van der Waals surface area contributed by atoms with Gasteiger partial charge in [0.25, 0.3) is 0 Å². The summed E-state index contributed by atoms with van der Waals surface area (Å²) in [6.07, 6.45) is 58.6. The molecule has 0 bridgehead atoms. The van der Waals surface area contributed by atoms with E-state index < -0.39 is 20.0 Å². The fourth-order valence-corrected chi connectivity index (χ4v) is 7.81. The van der Waals surface area contributed by atoms with Gasteiger partial charge in [0.1, 0.15) is 19.3 Å². The van der Waals surface area contributed by atoms with Gasteiger partial charge in [0.2, 0.25) is 5.91 Å². The summed E-state index contributed by atoms with van der Waals surface area (Å²) in [5.74, 6) is -0.553. The van der Waals surface area contributed by atoms with Crippen LogP contribution in [-0.2, 0) is 27.9 Å². The molecule has 0 aromatic carbocycles. The number of allylic oxidation sites excluding steroid dienone is 13. The number of esters is 1. The molecule has 0 aliphatic carbocycles. The molecule has 0 aromatic rings. The third-order valence-corrected chi connectivity index (χ3v) is 12.1. The van der Waals surface area contributed by atoms with Crippen LogP contribution in [0.4, 0.5) is 0 Å². The summed E-state index contributed by atoms with van der Waals surface area (Å²) in [6, 6.07) is -0.867. The molecule has 0 aromatic heterocycles. The molecular formula is C56H100N2O7P+. The zero-order valence-electron chi connectivity index (χ0n) is 43.2. The highest BCUT2D eigenvalue weighted by Crippen LogP contribution is 2.43. The van der Waals surface area contributed by atoms with Crippen molar-refractivity contribution < 1.29 is 37.3 Å². The monoisotopic (exact) mass is 944 g/mol. The van der Waals surface area contributed by atoms with Crippen molar-refractivity contribution in [3.05, 3.63) is 85.1 Å². The molecule has 0 fully saturated rings. The molecule has 10 heteroatoms. The van der Waals surface area contributed by atoms with Crippen LogP contribution < -0.4 is 5.32 Å². The highest BCUT2D eigenvalue weighted by molar-refractivity contribution is 7.47. The summed E-state index contributed by atoms with van der Waals surface area (Å²) in [4.78, 5) is 37.4. The van der Waals surface area contributed by atoms with E-state index in [9.17, 15) is 19.0 Å². The molecule has 0 saturated carbocycles. The van der Waals surface area contributed by atoms with Crippen LogP contribution in [0.15, 0.2) is 85.1 Å². The second-order valence-electron chi connectivity index (χ2n) is 18.7. The molecule has 0 aliphatic heterocycles. The number of likely N-dealkylation sites (N-methyl/N-ethyl adjacent to an activating group) is 1. The number of phosphoric ester groups is 1. The Bertz CT molecular complexity index is 1410. The van der Waals surface area contributed by atoms with Crippen molar-refractivity contribution in [1.29, 1.82) is 0 Å². The minimum atomic E-state index is -4.45. The van der Waals surface area contributed by atoms with E-state index in [1.807, 2.05) is 33.3 Å². The summed E-state index contributed by atoms with van der Waals surface area (Å²) in [5, 5.41) is 3.02. The van der Waals surface area contributed by atoms with Gasteiger partial charge in [-0.1, -0.05) is 196 Å². The van der Waals surface area contributed by atoms with Gasteiger partial charge in [0.05, 0.1) is 33.8 Å². The Kier molecular flexibility index (Phi) is 44.0. The summed E-state index contributed by atoms with van der Waals surface area (Å²) in [5.41, 5.74) is 0. The summed E-state index contributed by atoms with van der Waals surface area (Å²) < 4.78 is 30.5. The largest absolute Gasteiger partial charge is 0.472 e. The van der Waals surface area contributed by atoms with Crippen LogP contribution in [-0.4, -0.2) is 74.3 Å². The Labute approximate surface area is 406 Å². The first-order valence-electron chi connectivity index (χ1n) is 26.4. The molecule has 3 unspecified atom stereocenters. The Morgan fingerprint density at radius 1 is 0.561 bits per heavy atom. The molecule has 9 nitrogen and oxygen atoms in total. The molecular weight excluding hydrogens is 844 g/mol. The van der Waals surface area contributed by atoms with E-state index in [0.717, 1.165) is 103 Å². The second-order valence-corrected chi connectivity index (χ2v) is 20.1. The molecule has 66 heavy (non-hydrogen) atoms. The number of hydrogen-bond donors (Lipinski definition) is 2. The van der Waals surface area contributed by atoms with Crippen LogP contribution in [0, 0.1) is 0 Å². The summed E-state index contributed by atoms with van der Waals surface area (Å²) in [7, 11) is 1.46. The Morgan fingerprint density at radius 2 is 1.05 bits per heavy atom. The fraction of sp³-hybridized carbons (Fsp3) is 0.714. The van der Waals surface area contributed by atoms with Gasteiger partial charge in [0.15, 0.2) is 0 Å². The SMILES string of the molecule is CC/C=C/C=C/C=C/CCCCCCCCCC(=O)OC(/C=C/CCCCCCCCCCC)C(COP(=O)(O)OCC[N+](C)(C)C)NC(=O)CCCCCC/C=C/C/C=C/C/C=C/CC. The molecule has 0 aliphatic rings. The van der Waals surface area contributed by atoms with E-state index in [2.05, 4.69) is 99.0 Å². The van der Waals surface area contributed by atoms with Gasteiger partial charge in [0, 0.05) is 12.8 Å². The number of unbranched alkanes of at least 4 members (excludes halogenated alkanes) is 20. The maximum absolute atomic E-state index is 13.4. The summed E-state index contributed by atoms with van der Waals surface area (Å²) >= 11 is 0. The van der Waals surface area contributed by atoms with Crippen molar-refractivity contribution in [1.82, 2.24) is 5.32 Å². The van der Waals surface area contributed by atoms with Gasteiger partial charge in [-0.25, -0.2) is 4.57 Å². The number of phosphoric acid groups is 1. The molecule has 3 atom stereocenters. The second kappa shape index (κ2) is 45.9. The third-order valence-electron chi connectivity index (χ3n) is 11.1. The quantitative estimate of drug-likeness (QED) is 0.0156. The first kappa shape index (κ1) is 63.2. The number of nitrogens with zero attached hydrogens (tertiary/aromatic N) is 1. The molecule has 380 valence electrons. The van der Waals surface area contributed by atoms with E-state index in [4.69, 9.17) is 13.8 Å². The van der Waals surface area contributed by atoms with Gasteiger partial charge >= 0.3 is 13.8 Å². The number of hydrogen-bond acceptors (Lipinski definition) is 6. The maximum Gasteiger partial charge on any atom is 0.472 e. The molecule has 2 N–H and O–H groups in total. The lowest BCUT2D eigenvalue weighted by Gasteiger charge is -2.27. The minimum Gasteiger partial charge on any atom is -0.456 e. The average molecular weight is 944 g/mol. The number of carbonyl (C=O) groups excluding carboxylic acids is 2. The van der Waals surface area contributed by atoms with E-state index in [-0.39, 0.29) is 31.5 Å². The van der Waals surface area contributed by atoms with Gasteiger partial charge in [-0.2, -0.15) is 0 Å². The molecule has 0 spiro atoms. The molecule has 1 amide bonds. The lowest BCUT2D eigenvalue weighted by molar-refractivity contribution is -0.870. The Balaban J connectivity index is 5.45. The first-order valence-corrected chi connectivity index (χ1v) is 27.9. The van der Waals surface area contributed by atoms with Gasteiger partial charge < -0.3 is 19.4 Å². The van der Waals surface area contributed by atoms with Gasteiger partial charge in [-0.15, -0.1) is 0 Å². The molecule has 0 saturated heterocycles.